The third-order valence-electron chi connectivity index (χ3n) is 6.41. The zero-order valence-corrected chi connectivity index (χ0v) is 23.3. The first-order chi connectivity index (χ1) is 18.6. The van der Waals surface area contributed by atoms with Gasteiger partial charge in [-0.1, -0.05) is 18.2 Å². The first-order valence-corrected chi connectivity index (χ1v) is 13.1. The molecule has 0 unspecified atom stereocenters. The van der Waals surface area contributed by atoms with E-state index in [0.717, 1.165) is 11.6 Å². The minimum Gasteiger partial charge on any atom is -0.466 e. The van der Waals surface area contributed by atoms with E-state index in [2.05, 4.69) is 0 Å². The lowest BCUT2D eigenvalue weighted by molar-refractivity contribution is -0.170. The van der Waals surface area contributed by atoms with Crippen LogP contribution < -0.4 is 9.80 Å². The maximum Gasteiger partial charge on any atom is 0.471 e. The van der Waals surface area contributed by atoms with E-state index in [1.165, 1.54) is 17.0 Å². The Morgan fingerprint density at radius 3 is 2.33 bits per heavy atom. The van der Waals surface area contributed by atoms with Gasteiger partial charge in [0.2, 0.25) is 0 Å². The van der Waals surface area contributed by atoms with Crippen molar-refractivity contribution in [2.45, 2.75) is 78.6 Å². The number of anilines is 2. The number of hydrogen-bond acceptors (Lipinski definition) is 5. The molecule has 2 aromatic rings. The number of nitrogens with zero attached hydrogens (tertiary/aromatic N) is 2. The number of fused-ring (bicyclic) bond motifs is 1. The molecule has 1 heterocycles. The molecule has 0 N–H and O–H groups in total. The molecule has 0 saturated carbocycles. The quantitative estimate of drug-likeness (QED) is 0.286. The number of esters is 1. The van der Waals surface area contributed by atoms with Crippen molar-refractivity contribution in [2.75, 3.05) is 23.0 Å². The molecule has 0 saturated heterocycles. The number of amides is 2. The van der Waals surface area contributed by atoms with Crippen LogP contribution in [0, 0.1) is 12.7 Å². The lowest BCUT2D eigenvalue weighted by Crippen LogP contribution is -2.42. The van der Waals surface area contributed by atoms with Gasteiger partial charge in [-0.3, -0.25) is 14.5 Å². The number of alkyl halides is 3. The average molecular weight is 567 g/mol. The van der Waals surface area contributed by atoms with Crippen LogP contribution in [0.3, 0.4) is 0 Å². The number of benzene rings is 2. The number of aryl methyl sites for hydroxylation is 2. The molecule has 40 heavy (non-hydrogen) atoms. The summed E-state index contributed by atoms with van der Waals surface area (Å²) < 4.78 is 66.2. The lowest BCUT2D eigenvalue weighted by atomic mass is 9.94. The topological polar surface area (TPSA) is 76.2 Å². The third-order valence-corrected chi connectivity index (χ3v) is 6.41. The Balaban J connectivity index is 1.97. The van der Waals surface area contributed by atoms with Crippen LogP contribution in [0.2, 0.25) is 0 Å². The molecule has 11 heteroatoms. The van der Waals surface area contributed by atoms with Crippen LogP contribution in [0.4, 0.5) is 33.7 Å². The number of ether oxygens (including phenoxy) is 2. The second-order valence-electron chi connectivity index (χ2n) is 10.6. The standard InChI is InChI=1S/C29H34F4N2O5/c1-6-39-24(36)14-12-19-11-13-22(16-23(19)30)35(26(37)29(31,32)33)17-21-10-9-20-8-7-15-34(25(20)18(21)2)27(38)40-28(3,4)5/h9-11,13,16H,6-8,12,14-15,17H2,1-5H3. The Morgan fingerprint density at radius 1 is 1.05 bits per heavy atom. The first kappa shape index (κ1) is 30.9. The van der Waals surface area contributed by atoms with Gasteiger partial charge in [-0.15, -0.1) is 0 Å². The summed E-state index contributed by atoms with van der Waals surface area (Å²) >= 11 is 0. The van der Waals surface area contributed by atoms with Gasteiger partial charge in [0, 0.05) is 18.7 Å². The summed E-state index contributed by atoms with van der Waals surface area (Å²) in [4.78, 5) is 39.0. The van der Waals surface area contributed by atoms with E-state index in [1.807, 2.05) is 0 Å². The van der Waals surface area contributed by atoms with Crippen molar-refractivity contribution < 1.29 is 41.4 Å². The Bertz CT molecular complexity index is 1270. The van der Waals surface area contributed by atoms with Crippen molar-refractivity contribution in [3.63, 3.8) is 0 Å². The fourth-order valence-corrected chi connectivity index (χ4v) is 4.57. The van der Waals surface area contributed by atoms with Crippen LogP contribution in [0.25, 0.3) is 0 Å². The molecule has 2 aromatic carbocycles. The maximum atomic E-state index is 14.9. The highest BCUT2D eigenvalue weighted by molar-refractivity contribution is 5.97. The van der Waals surface area contributed by atoms with Gasteiger partial charge in [-0.05, 0) is 88.3 Å². The van der Waals surface area contributed by atoms with Crippen molar-refractivity contribution >= 4 is 29.3 Å². The van der Waals surface area contributed by atoms with E-state index < -0.39 is 42.1 Å². The van der Waals surface area contributed by atoms with Gasteiger partial charge in [0.05, 0.1) is 18.8 Å². The number of rotatable bonds is 7. The van der Waals surface area contributed by atoms with Gasteiger partial charge in [0.25, 0.3) is 0 Å². The monoisotopic (exact) mass is 566 g/mol. The van der Waals surface area contributed by atoms with Crippen LogP contribution in [0.5, 0.6) is 0 Å². The van der Waals surface area contributed by atoms with Crippen LogP contribution in [0.1, 0.15) is 62.8 Å². The van der Waals surface area contributed by atoms with Gasteiger partial charge in [-0.25, -0.2) is 9.18 Å². The smallest absolute Gasteiger partial charge is 0.466 e. The number of hydrogen-bond donors (Lipinski definition) is 0. The minimum absolute atomic E-state index is 0.0113. The average Bonchev–Trinajstić information content (AvgIpc) is 2.85. The lowest BCUT2D eigenvalue weighted by Gasteiger charge is -2.34. The molecule has 7 nitrogen and oxygen atoms in total. The van der Waals surface area contributed by atoms with E-state index in [-0.39, 0.29) is 30.7 Å². The summed E-state index contributed by atoms with van der Waals surface area (Å²) in [6, 6.07) is 6.67. The van der Waals surface area contributed by atoms with Crippen molar-refractivity contribution in [1.29, 1.82) is 0 Å². The molecule has 0 radical (unpaired) electrons. The molecule has 0 spiro atoms. The van der Waals surface area contributed by atoms with E-state index in [1.54, 1.807) is 46.8 Å². The fraction of sp³-hybridized carbons (Fsp3) is 0.483. The molecule has 218 valence electrons. The molecule has 0 bridgehead atoms. The van der Waals surface area contributed by atoms with Crippen molar-refractivity contribution in [3.8, 4) is 0 Å². The van der Waals surface area contributed by atoms with Gasteiger partial charge in [0.1, 0.15) is 11.4 Å². The van der Waals surface area contributed by atoms with Gasteiger partial charge in [-0.2, -0.15) is 13.2 Å². The molecule has 0 fully saturated rings. The second kappa shape index (κ2) is 12.3. The van der Waals surface area contributed by atoms with Crippen LogP contribution in [-0.2, 0) is 38.4 Å². The summed E-state index contributed by atoms with van der Waals surface area (Å²) in [5.74, 6) is -3.53. The fourth-order valence-electron chi connectivity index (χ4n) is 4.57. The zero-order valence-electron chi connectivity index (χ0n) is 23.3. The molecular weight excluding hydrogens is 532 g/mol. The summed E-state index contributed by atoms with van der Waals surface area (Å²) in [6.07, 6.45) is -4.55. The molecule has 1 aliphatic heterocycles. The van der Waals surface area contributed by atoms with Crippen LogP contribution in [0.15, 0.2) is 30.3 Å². The van der Waals surface area contributed by atoms with Gasteiger partial charge in [0.15, 0.2) is 0 Å². The minimum atomic E-state index is -5.22. The normalized spacial score (nSPS) is 13.5. The first-order valence-electron chi connectivity index (χ1n) is 13.1. The Kier molecular flexibility index (Phi) is 9.48. The highest BCUT2D eigenvalue weighted by Crippen LogP contribution is 2.36. The molecular formula is C29H34F4N2O5. The SMILES string of the molecule is CCOC(=O)CCc1ccc(N(Cc2ccc3c(c2C)N(C(=O)OC(C)(C)C)CCC3)C(=O)C(F)(F)F)cc1F. The van der Waals surface area contributed by atoms with E-state index >= 15 is 0 Å². The van der Waals surface area contributed by atoms with E-state index in [4.69, 9.17) is 9.47 Å². The molecule has 1 aliphatic rings. The number of halogens is 4. The van der Waals surface area contributed by atoms with Crippen molar-refractivity contribution in [2.24, 2.45) is 0 Å². The van der Waals surface area contributed by atoms with E-state index in [9.17, 15) is 31.9 Å². The Labute approximate surface area is 231 Å². The maximum absolute atomic E-state index is 14.9. The predicted octanol–water partition coefficient (Wildman–Crippen LogP) is 6.41. The second-order valence-corrected chi connectivity index (χ2v) is 10.6. The van der Waals surface area contributed by atoms with Crippen LogP contribution in [-0.4, -0.2) is 42.9 Å². The molecule has 2 amide bonds. The van der Waals surface area contributed by atoms with Crippen LogP contribution >= 0.6 is 0 Å². The molecule has 0 aliphatic carbocycles. The van der Waals surface area contributed by atoms with E-state index in [0.29, 0.717) is 41.1 Å². The molecule has 0 atom stereocenters. The third kappa shape index (κ3) is 7.51. The Morgan fingerprint density at radius 2 is 1.73 bits per heavy atom. The zero-order chi connectivity index (χ0) is 29.8. The predicted molar refractivity (Wildman–Crippen MR) is 142 cm³/mol. The number of carbonyl (C=O) groups is 3. The Hall–Kier alpha value is -3.63. The highest BCUT2D eigenvalue weighted by atomic mass is 19.4. The molecule has 0 aromatic heterocycles. The summed E-state index contributed by atoms with van der Waals surface area (Å²) in [5.41, 5.74) is 1.33. The summed E-state index contributed by atoms with van der Waals surface area (Å²) in [5, 5.41) is 0. The van der Waals surface area contributed by atoms with Gasteiger partial charge >= 0.3 is 24.1 Å². The van der Waals surface area contributed by atoms with Crippen molar-refractivity contribution in [3.05, 3.63) is 58.4 Å². The molecule has 3 rings (SSSR count). The number of carbonyl (C=O) groups excluding carboxylic acids is 3. The highest BCUT2D eigenvalue weighted by Gasteiger charge is 2.43. The summed E-state index contributed by atoms with van der Waals surface area (Å²) in [6.45, 7) is 8.55. The largest absolute Gasteiger partial charge is 0.471 e. The van der Waals surface area contributed by atoms with Gasteiger partial charge < -0.3 is 14.4 Å². The summed E-state index contributed by atoms with van der Waals surface area (Å²) in [7, 11) is 0. The van der Waals surface area contributed by atoms with Crippen molar-refractivity contribution in [1.82, 2.24) is 0 Å².